The molecule has 7 N–H and O–H groups in total. The minimum Gasteiger partial charge on any atom is -0.508 e. The highest BCUT2D eigenvalue weighted by atomic mass is 16.7. The maximum Gasteiger partial charge on any atom is 0.330 e. The smallest absolute Gasteiger partial charge is 0.330 e. The number of aliphatic hydroxyl groups excluding tert-OH is 3. The lowest BCUT2D eigenvalue weighted by molar-refractivity contribution is -0.330. The van der Waals surface area contributed by atoms with Crippen molar-refractivity contribution in [3.8, 4) is 17.2 Å². The van der Waals surface area contributed by atoms with Gasteiger partial charge < -0.3 is 45.2 Å². The average Bonchev–Trinajstić information content (AvgIpc) is 2.79. The number of hydrogen-bond acceptors (Lipinski definition) is 10. The SMILES string of the molecule is O=C(C=Cc1ccc(O)c(O)c1)OC[C@H]1O[C@@H](O)[C@@](O)(CCc2ccc(O)cc2)[C@@H](O)[C@@H]1O. The highest BCUT2D eigenvalue weighted by molar-refractivity contribution is 5.87. The van der Waals surface area contributed by atoms with Gasteiger partial charge in [-0.05, 0) is 54.3 Å². The molecule has 1 saturated heterocycles. The van der Waals surface area contributed by atoms with Crippen LogP contribution in [0.15, 0.2) is 48.5 Å². The number of rotatable bonds is 7. The van der Waals surface area contributed by atoms with Gasteiger partial charge in [-0.15, -0.1) is 0 Å². The molecule has 0 amide bonds. The summed E-state index contributed by atoms with van der Waals surface area (Å²) in [5.74, 6) is -1.42. The lowest BCUT2D eigenvalue weighted by atomic mass is 9.82. The Labute approximate surface area is 189 Å². The Morgan fingerprint density at radius 3 is 2.39 bits per heavy atom. The van der Waals surface area contributed by atoms with E-state index in [9.17, 15) is 40.5 Å². The van der Waals surface area contributed by atoms with Gasteiger partial charge in [-0.2, -0.15) is 0 Å². The fourth-order valence-corrected chi connectivity index (χ4v) is 3.45. The van der Waals surface area contributed by atoms with E-state index in [4.69, 9.17) is 9.47 Å². The number of aliphatic hydroxyl groups is 4. The van der Waals surface area contributed by atoms with E-state index in [1.807, 2.05) is 0 Å². The molecule has 0 bridgehead atoms. The Kier molecular flexibility index (Phi) is 7.57. The van der Waals surface area contributed by atoms with Gasteiger partial charge in [-0.25, -0.2) is 4.79 Å². The molecule has 1 heterocycles. The van der Waals surface area contributed by atoms with Gasteiger partial charge in [0.1, 0.15) is 36.3 Å². The van der Waals surface area contributed by atoms with Crippen LogP contribution in [-0.4, -0.2) is 78.5 Å². The first-order chi connectivity index (χ1) is 15.6. The first-order valence-corrected chi connectivity index (χ1v) is 10.2. The standard InChI is InChI=1S/C23H26O10/c24-15-5-1-13(2-6-15)9-10-23(31)21(29)20(28)18(33-22(23)30)12-32-19(27)8-4-14-3-7-16(25)17(26)11-14/h1-8,11,18,20-22,24-26,28-31H,9-10,12H2/t18-,20-,21+,22-,23-/m1/s1. The Hall–Kier alpha value is -3.15. The molecule has 0 aromatic heterocycles. The van der Waals surface area contributed by atoms with Gasteiger partial charge in [0.05, 0.1) is 0 Å². The number of hydrogen-bond donors (Lipinski definition) is 7. The van der Waals surface area contributed by atoms with Crippen LogP contribution < -0.4 is 0 Å². The van der Waals surface area contributed by atoms with Gasteiger partial charge in [-0.3, -0.25) is 0 Å². The summed E-state index contributed by atoms with van der Waals surface area (Å²) in [4.78, 5) is 11.9. The fraction of sp³-hybridized carbons (Fsp3) is 0.348. The van der Waals surface area contributed by atoms with Crippen LogP contribution in [0.3, 0.4) is 0 Å². The Morgan fingerprint density at radius 1 is 1.03 bits per heavy atom. The van der Waals surface area contributed by atoms with Crippen LogP contribution >= 0.6 is 0 Å². The van der Waals surface area contributed by atoms with E-state index >= 15 is 0 Å². The average molecular weight is 462 g/mol. The molecule has 10 heteroatoms. The van der Waals surface area contributed by atoms with Gasteiger partial charge in [0.25, 0.3) is 0 Å². The Bertz CT molecular complexity index is 989. The van der Waals surface area contributed by atoms with Crippen molar-refractivity contribution in [3.63, 3.8) is 0 Å². The zero-order valence-electron chi connectivity index (χ0n) is 17.5. The highest BCUT2D eigenvalue weighted by Crippen LogP contribution is 2.33. The van der Waals surface area contributed by atoms with Crippen molar-refractivity contribution < 1.29 is 50.0 Å². The second kappa shape index (κ2) is 10.2. The molecular formula is C23H26O10. The molecule has 2 aromatic carbocycles. The van der Waals surface area contributed by atoms with E-state index in [0.717, 1.165) is 11.6 Å². The monoisotopic (exact) mass is 462 g/mol. The van der Waals surface area contributed by atoms with Crippen molar-refractivity contribution in [2.45, 2.75) is 43.0 Å². The summed E-state index contributed by atoms with van der Waals surface area (Å²) in [5, 5.41) is 69.9. The number of phenolic OH excluding ortho intramolecular Hbond substituents is 3. The second-order valence-electron chi connectivity index (χ2n) is 7.83. The first kappa shape index (κ1) is 24.5. The number of carbonyl (C=O) groups excluding carboxylic acids is 1. The molecule has 3 rings (SSSR count). The van der Waals surface area contributed by atoms with E-state index in [-0.39, 0.29) is 30.1 Å². The van der Waals surface area contributed by atoms with Crippen LogP contribution in [-0.2, 0) is 20.7 Å². The minimum atomic E-state index is -2.17. The Balaban J connectivity index is 1.55. The lowest BCUT2D eigenvalue weighted by Crippen LogP contribution is -2.66. The summed E-state index contributed by atoms with van der Waals surface area (Å²) in [6.07, 6.45) is -4.13. The third-order valence-corrected chi connectivity index (χ3v) is 5.50. The molecule has 178 valence electrons. The summed E-state index contributed by atoms with van der Waals surface area (Å²) < 4.78 is 10.2. The molecule has 33 heavy (non-hydrogen) atoms. The molecule has 0 radical (unpaired) electrons. The third-order valence-electron chi connectivity index (χ3n) is 5.50. The fourth-order valence-electron chi connectivity index (χ4n) is 3.45. The lowest BCUT2D eigenvalue weighted by Gasteiger charge is -2.46. The zero-order valence-corrected chi connectivity index (χ0v) is 17.5. The number of aromatic hydroxyl groups is 3. The molecule has 2 aromatic rings. The van der Waals surface area contributed by atoms with Gasteiger partial charge >= 0.3 is 5.97 Å². The quantitative estimate of drug-likeness (QED) is 0.170. The number of esters is 1. The molecule has 1 fully saturated rings. The molecule has 0 spiro atoms. The predicted octanol–water partition coefficient (Wildman–Crippen LogP) is 0.163. The van der Waals surface area contributed by atoms with E-state index in [0.29, 0.717) is 5.56 Å². The van der Waals surface area contributed by atoms with Crippen LogP contribution in [0.2, 0.25) is 0 Å². The van der Waals surface area contributed by atoms with Gasteiger partial charge in [-0.1, -0.05) is 18.2 Å². The molecule has 1 aliphatic heterocycles. The van der Waals surface area contributed by atoms with Crippen molar-refractivity contribution >= 4 is 12.0 Å². The van der Waals surface area contributed by atoms with E-state index in [1.165, 1.54) is 36.4 Å². The van der Waals surface area contributed by atoms with Crippen LogP contribution in [0.4, 0.5) is 0 Å². The molecular weight excluding hydrogens is 436 g/mol. The van der Waals surface area contributed by atoms with Crippen molar-refractivity contribution in [3.05, 3.63) is 59.7 Å². The summed E-state index contributed by atoms with van der Waals surface area (Å²) in [6, 6.07) is 10.1. The van der Waals surface area contributed by atoms with E-state index in [2.05, 4.69) is 0 Å². The maximum absolute atomic E-state index is 11.9. The first-order valence-electron chi connectivity index (χ1n) is 10.2. The molecule has 10 nitrogen and oxygen atoms in total. The predicted molar refractivity (Wildman–Crippen MR) is 114 cm³/mol. The molecule has 5 atom stereocenters. The number of phenols is 3. The second-order valence-corrected chi connectivity index (χ2v) is 7.83. The summed E-state index contributed by atoms with van der Waals surface area (Å²) >= 11 is 0. The molecule has 1 aliphatic rings. The summed E-state index contributed by atoms with van der Waals surface area (Å²) in [6.45, 7) is -0.507. The van der Waals surface area contributed by atoms with Crippen molar-refractivity contribution in [2.75, 3.05) is 6.61 Å². The zero-order chi connectivity index (χ0) is 24.2. The van der Waals surface area contributed by atoms with Crippen molar-refractivity contribution in [1.29, 1.82) is 0 Å². The van der Waals surface area contributed by atoms with Crippen molar-refractivity contribution in [1.82, 2.24) is 0 Å². The number of aryl methyl sites for hydroxylation is 1. The topological polar surface area (TPSA) is 177 Å². The van der Waals surface area contributed by atoms with Crippen LogP contribution in [0.5, 0.6) is 17.2 Å². The van der Waals surface area contributed by atoms with Gasteiger partial charge in [0.2, 0.25) is 0 Å². The summed E-state index contributed by atoms with van der Waals surface area (Å²) in [5.41, 5.74) is -1.03. The van der Waals surface area contributed by atoms with Crippen LogP contribution in [0.1, 0.15) is 17.5 Å². The largest absolute Gasteiger partial charge is 0.508 e. The van der Waals surface area contributed by atoms with Crippen LogP contribution in [0.25, 0.3) is 6.08 Å². The number of benzene rings is 2. The van der Waals surface area contributed by atoms with Crippen molar-refractivity contribution in [2.24, 2.45) is 0 Å². The summed E-state index contributed by atoms with van der Waals surface area (Å²) in [7, 11) is 0. The maximum atomic E-state index is 11.9. The van der Waals surface area contributed by atoms with Crippen LogP contribution in [0, 0.1) is 0 Å². The Morgan fingerprint density at radius 2 is 1.73 bits per heavy atom. The van der Waals surface area contributed by atoms with E-state index < -0.39 is 42.8 Å². The molecule has 0 aliphatic carbocycles. The normalized spacial score (nSPS) is 27.5. The van der Waals surface area contributed by atoms with Gasteiger partial charge in [0, 0.05) is 6.08 Å². The van der Waals surface area contributed by atoms with E-state index in [1.54, 1.807) is 12.1 Å². The molecule has 0 unspecified atom stereocenters. The van der Waals surface area contributed by atoms with Gasteiger partial charge in [0.15, 0.2) is 17.8 Å². The highest BCUT2D eigenvalue weighted by Gasteiger charge is 2.54. The minimum absolute atomic E-state index is 0.0717. The molecule has 0 saturated carbocycles. The third kappa shape index (κ3) is 5.81. The number of carbonyl (C=O) groups is 1. The number of ether oxygens (including phenoxy) is 2.